The SMILES string of the molecule is Cc1noc(C)c1C(C)CNC(=O)[C@@H](C)N. The van der Waals surface area contributed by atoms with Crippen LogP contribution >= 0.6 is 0 Å². The third-order valence-corrected chi connectivity index (χ3v) is 2.58. The van der Waals surface area contributed by atoms with Crippen molar-refractivity contribution in [1.82, 2.24) is 10.5 Å². The Balaban J connectivity index is 2.60. The van der Waals surface area contributed by atoms with Crippen LogP contribution in [0.3, 0.4) is 0 Å². The number of nitrogens with two attached hydrogens (primary N) is 1. The number of aromatic nitrogens is 1. The van der Waals surface area contributed by atoms with E-state index < -0.39 is 6.04 Å². The Morgan fingerprint density at radius 1 is 1.50 bits per heavy atom. The van der Waals surface area contributed by atoms with Gasteiger partial charge in [-0.15, -0.1) is 0 Å². The molecule has 0 aliphatic rings. The molecule has 1 unspecified atom stereocenters. The largest absolute Gasteiger partial charge is 0.361 e. The highest BCUT2D eigenvalue weighted by atomic mass is 16.5. The first-order chi connectivity index (χ1) is 7.43. The molecule has 1 aromatic heterocycles. The van der Waals surface area contributed by atoms with E-state index in [1.54, 1.807) is 6.92 Å². The predicted octanol–water partition coefficient (Wildman–Crippen LogP) is 0.858. The second kappa shape index (κ2) is 5.12. The van der Waals surface area contributed by atoms with Crippen LogP contribution in [0, 0.1) is 13.8 Å². The van der Waals surface area contributed by atoms with Crippen LogP contribution < -0.4 is 11.1 Å². The molecule has 0 radical (unpaired) electrons. The first-order valence-corrected chi connectivity index (χ1v) is 5.39. The van der Waals surface area contributed by atoms with Gasteiger partial charge in [0.05, 0.1) is 11.7 Å². The highest BCUT2D eigenvalue weighted by Gasteiger charge is 2.17. The van der Waals surface area contributed by atoms with E-state index in [2.05, 4.69) is 10.5 Å². The van der Waals surface area contributed by atoms with Gasteiger partial charge in [0, 0.05) is 18.0 Å². The molecular formula is C11H19N3O2. The lowest BCUT2D eigenvalue weighted by Gasteiger charge is -2.13. The Labute approximate surface area is 95.4 Å². The molecule has 1 amide bonds. The monoisotopic (exact) mass is 225 g/mol. The summed E-state index contributed by atoms with van der Waals surface area (Å²) in [4.78, 5) is 11.3. The standard InChI is InChI=1S/C11H19N3O2/c1-6(5-13-11(15)7(2)12)10-8(3)14-16-9(10)4/h6-7H,5,12H2,1-4H3,(H,13,15)/t6?,7-/m1/s1. The van der Waals surface area contributed by atoms with Gasteiger partial charge in [-0.2, -0.15) is 0 Å². The number of nitrogens with one attached hydrogen (secondary N) is 1. The molecule has 16 heavy (non-hydrogen) atoms. The summed E-state index contributed by atoms with van der Waals surface area (Å²) in [5, 5.41) is 6.68. The van der Waals surface area contributed by atoms with Gasteiger partial charge in [0.1, 0.15) is 5.76 Å². The number of nitrogens with zero attached hydrogens (tertiary/aromatic N) is 1. The van der Waals surface area contributed by atoms with Crippen LogP contribution in [-0.2, 0) is 4.79 Å². The number of carbonyl (C=O) groups excluding carboxylic acids is 1. The topological polar surface area (TPSA) is 81.2 Å². The van der Waals surface area contributed by atoms with Crippen LogP contribution in [0.4, 0.5) is 0 Å². The van der Waals surface area contributed by atoms with Crippen LogP contribution in [0.2, 0.25) is 0 Å². The van der Waals surface area contributed by atoms with Crippen molar-refractivity contribution in [2.75, 3.05) is 6.54 Å². The van der Waals surface area contributed by atoms with Crippen LogP contribution in [-0.4, -0.2) is 23.7 Å². The van der Waals surface area contributed by atoms with Gasteiger partial charge in [0.25, 0.3) is 0 Å². The first kappa shape index (κ1) is 12.7. The summed E-state index contributed by atoms with van der Waals surface area (Å²) >= 11 is 0. The fourth-order valence-corrected chi connectivity index (χ4v) is 1.71. The zero-order chi connectivity index (χ0) is 12.3. The summed E-state index contributed by atoms with van der Waals surface area (Å²) in [6, 6.07) is -0.475. The molecule has 5 heteroatoms. The molecule has 0 saturated carbocycles. The summed E-state index contributed by atoms with van der Waals surface area (Å²) in [6.07, 6.45) is 0. The average Bonchev–Trinajstić information content (AvgIpc) is 2.54. The molecule has 1 heterocycles. The van der Waals surface area contributed by atoms with E-state index in [0.717, 1.165) is 17.0 Å². The van der Waals surface area contributed by atoms with Crippen molar-refractivity contribution in [3.8, 4) is 0 Å². The van der Waals surface area contributed by atoms with Gasteiger partial charge in [-0.25, -0.2) is 0 Å². The molecule has 0 aromatic carbocycles. The molecule has 90 valence electrons. The minimum atomic E-state index is -0.475. The van der Waals surface area contributed by atoms with Gasteiger partial charge < -0.3 is 15.6 Å². The highest BCUT2D eigenvalue weighted by Crippen LogP contribution is 2.22. The number of aryl methyl sites for hydroxylation is 2. The molecule has 3 N–H and O–H groups in total. The van der Waals surface area contributed by atoms with Crippen LogP contribution in [0.25, 0.3) is 0 Å². The van der Waals surface area contributed by atoms with E-state index in [9.17, 15) is 4.79 Å². The summed E-state index contributed by atoms with van der Waals surface area (Å²) in [6.45, 7) is 8.00. The van der Waals surface area contributed by atoms with Crippen molar-refractivity contribution >= 4 is 5.91 Å². The Hall–Kier alpha value is -1.36. The summed E-state index contributed by atoms with van der Waals surface area (Å²) in [5.41, 5.74) is 7.39. The van der Waals surface area contributed by atoms with Gasteiger partial charge in [-0.3, -0.25) is 4.79 Å². The maximum Gasteiger partial charge on any atom is 0.236 e. The molecule has 1 rings (SSSR count). The molecular weight excluding hydrogens is 206 g/mol. The summed E-state index contributed by atoms with van der Waals surface area (Å²) in [5.74, 6) is 0.840. The summed E-state index contributed by atoms with van der Waals surface area (Å²) < 4.78 is 5.08. The molecule has 0 saturated heterocycles. The van der Waals surface area contributed by atoms with E-state index in [-0.39, 0.29) is 11.8 Å². The highest BCUT2D eigenvalue weighted by molar-refractivity contribution is 5.80. The zero-order valence-electron chi connectivity index (χ0n) is 10.2. The Morgan fingerprint density at radius 2 is 2.12 bits per heavy atom. The zero-order valence-corrected chi connectivity index (χ0v) is 10.2. The molecule has 0 aliphatic heterocycles. The minimum Gasteiger partial charge on any atom is -0.361 e. The van der Waals surface area contributed by atoms with E-state index in [1.807, 2.05) is 20.8 Å². The number of amides is 1. The van der Waals surface area contributed by atoms with Gasteiger partial charge in [0.2, 0.25) is 5.91 Å². The second-order valence-corrected chi connectivity index (χ2v) is 4.17. The molecule has 0 aliphatic carbocycles. The number of carbonyl (C=O) groups is 1. The second-order valence-electron chi connectivity index (χ2n) is 4.17. The molecule has 0 bridgehead atoms. The molecule has 5 nitrogen and oxygen atoms in total. The smallest absolute Gasteiger partial charge is 0.236 e. The van der Waals surface area contributed by atoms with Crippen LogP contribution in [0.1, 0.15) is 36.8 Å². The lowest BCUT2D eigenvalue weighted by Crippen LogP contribution is -2.39. The van der Waals surface area contributed by atoms with Crippen molar-refractivity contribution in [2.24, 2.45) is 5.73 Å². The third-order valence-electron chi connectivity index (χ3n) is 2.58. The molecule has 0 spiro atoms. The van der Waals surface area contributed by atoms with E-state index in [4.69, 9.17) is 10.3 Å². The van der Waals surface area contributed by atoms with Gasteiger partial charge >= 0.3 is 0 Å². The van der Waals surface area contributed by atoms with Crippen molar-refractivity contribution in [1.29, 1.82) is 0 Å². The van der Waals surface area contributed by atoms with Gasteiger partial charge in [-0.05, 0) is 20.8 Å². The van der Waals surface area contributed by atoms with Crippen molar-refractivity contribution < 1.29 is 9.32 Å². The van der Waals surface area contributed by atoms with Gasteiger partial charge in [0.15, 0.2) is 0 Å². The maximum absolute atomic E-state index is 11.3. The Kier molecular flexibility index (Phi) is 4.06. The molecule has 1 aromatic rings. The molecule has 2 atom stereocenters. The predicted molar refractivity (Wildman–Crippen MR) is 61.1 cm³/mol. The normalized spacial score (nSPS) is 14.6. The van der Waals surface area contributed by atoms with Crippen LogP contribution in [0.15, 0.2) is 4.52 Å². The van der Waals surface area contributed by atoms with Crippen LogP contribution in [0.5, 0.6) is 0 Å². The van der Waals surface area contributed by atoms with E-state index >= 15 is 0 Å². The van der Waals surface area contributed by atoms with E-state index in [1.165, 1.54) is 0 Å². The van der Waals surface area contributed by atoms with Gasteiger partial charge in [-0.1, -0.05) is 12.1 Å². The first-order valence-electron chi connectivity index (χ1n) is 5.39. The summed E-state index contributed by atoms with van der Waals surface area (Å²) in [7, 11) is 0. The van der Waals surface area contributed by atoms with Crippen molar-refractivity contribution in [2.45, 2.75) is 39.7 Å². The quantitative estimate of drug-likeness (QED) is 0.796. The maximum atomic E-state index is 11.3. The third kappa shape index (κ3) is 2.82. The van der Waals surface area contributed by atoms with Crippen molar-refractivity contribution in [3.63, 3.8) is 0 Å². The number of hydrogen-bond donors (Lipinski definition) is 2. The average molecular weight is 225 g/mol. The minimum absolute atomic E-state index is 0.140. The number of rotatable bonds is 4. The van der Waals surface area contributed by atoms with Crippen molar-refractivity contribution in [3.05, 3.63) is 17.0 Å². The number of hydrogen-bond acceptors (Lipinski definition) is 4. The fraction of sp³-hybridized carbons (Fsp3) is 0.636. The lowest BCUT2D eigenvalue weighted by atomic mass is 9.99. The lowest BCUT2D eigenvalue weighted by molar-refractivity contribution is -0.122. The van der Waals surface area contributed by atoms with E-state index in [0.29, 0.717) is 6.54 Å². The fourth-order valence-electron chi connectivity index (χ4n) is 1.71. The Morgan fingerprint density at radius 3 is 2.56 bits per heavy atom. The Bertz CT molecular complexity index is 352. The molecule has 0 fully saturated rings.